The number of rotatable bonds is 5. The van der Waals surface area contributed by atoms with Gasteiger partial charge in [-0.1, -0.05) is 6.07 Å². The van der Waals surface area contributed by atoms with Gasteiger partial charge in [-0.3, -0.25) is 0 Å². The first kappa shape index (κ1) is 13.1. The Morgan fingerprint density at radius 3 is 2.25 bits per heavy atom. The third kappa shape index (κ3) is 3.53. The van der Waals surface area contributed by atoms with E-state index in [4.69, 9.17) is 5.11 Å². The summed E-state index contributed by atoms with van der Waals surface area (Å²) in [5.74, 6) is -2.69. The summed E-state index contributed by atoms with van der Waals surface area (Å²) >= 11 is 0. The molecule has 1 N–H and O–H groups in total. The van der Waals surface area contributed by atoms with Crippen LogP contribution in [0, 0.1) is 11.6 Å². The van der Waals surface area contributed by atoms with Gasteiger partial charge >= 0.3 is 0 Å². The number of hydrogen-bond donors (Lipinski definition) is 1. The Kier molecular flexibility index (Phi) is 4.37. The van der Waals surface area contributed by atoms with Crippen molar-refractivity contribution in [1.82, 2.24) is 0 Å². The molecule has 0 bridgehead atoms. The second-order valence-corrected chi connectivity index (χ2v) is 5.55. The molecule has 0 atom stereocenters. The molecule has 6 heteroatoms. The lowest BCUT2D eigenvalue weighted by Crippen LogP contribution is -2.12. The fourth-order valence-electron chi connectivity index (χ4n) is 1.25. The molecule has 3 nitrogen and oxygen atoms in total. The third-order valence-corrected chi connectivity index (χ3v) is 3.68. The maximum absolute atomic E-state index is 13.1. The van der Waals surface area contributed by atoms with Crippen LogP contribution >= 0.6 is 0 Å². The first-order valence-electron chi connectivity index (χ1n) is 4.70. The minimum absolute atomic E-state index is 0.0679. The topological polar surface area (TPSA) is 54.4 Å². The summed E-state index contributed by atoms with van der Waals surface area (Å²) in [5.41, 5.74) is -0.444. The zero-order valence-electron chi connectivity index (χ0n) is 8.49. The summed E-state index contributed by atoms with van der Waals surface area (Å²) in [6, 6.07) is 3.20. The van der Waals surface area contributed by atoms with Crippen LogP contribution in [0.3, 0.4) is 0 Å². The summed E-state index contributed by atoms with van der Waals surface area (Å²) in [7, 11) is -3.58. The van der Waals surface area contributed by atoms with Crippen LogP contribution in [0.2, 0.25) is 0 Å². The average molecular weight is 250 g/mol. The first-order valence-corrected chi connectivity index (χ1v) is 6.52. The summed E-state index contributed by atoms with van der Waals surface area (Å²) in [5, 5.41) is 8.49. The second-order valence-electron chi connectivity index (χ2n) is 3.37. The number of aliphatic hydroxyl groups is 1. The molecule has 0 aliphatic rings. The van der Waals surface area contributed by atoms with Crippen LogP contribution in [0.5, 0.6) is 0 Å². The van der Waals surface area contributed by atoms with E-state index in [9.17, 15) is 17.2 Å². The molecule has 0 saturated carbocycles. The van der Waals surface area contributed by atoms with Crippen LogP contribution in [0.4, 0.5) is 8.78 Å². The highest BCUT2D eigenvalue weighted by molar-refractivity contribution is 7.90. The van der Waals surface area contributed by atoms with Gasteiger partial charge in [0, 0.05) is 12.2 Å². The number of aliphatic hydroxyl groups excluding tert-OH is 1. The van der Waals surface area contributed by atoms with Crippen molar-refractivity contribution in [3.8, 4) is 0 Å². The van der Waals surface area contributed by atoms with Crippen molar-refractivity contribution in [2.24, 2.45) is 0 Å². The van der Waals surface area contributed by atoms with Crippen molar-refractivity contribution < 1.29 is 22.3 Å². The zero-order valence-corrected chi connectivity index (χ0v) is 9.30. The smallest absolute Gasteiger partial charge is 0.154 e. The van der Waals surface area contributed by atoms with Crippen molar-refractivity contribution in [2.75, 3.05) is 12.4 Å². The Morgan fingerprint density at radius 1 is 1.19 bits per heavy atom. The van der Waals surface area contributed by atoms with Gasteiger partial charge in [0.25, 0.3) is 0 Å². The molecular weight excluding hydrogens is 238 g/mol. The minimum Gasteiger partial charge on any atom is -0.396 e. The molecule has 0 saturated heterocycles. The third-order valence-electron chi connectivity index (χ3n) is 2.04. The Hall–Kier alpha value is -1.01. The Bertz CT molecular complexity index is 437. The number of hydrogen-bond acceptors (Lipinski definition) is 3. The van der Waals surface area contributed by atoms with Gasteiger partial charge in [-0.25, -0.2) is 17.2 Å². The second kappa shape index (κ2) is 5.36. The van der Waals surface area contributed by atoms with Gasteiger partial charge < -0.3 is 5.11 Å². The zero-order chi connectivity index (χ0) is 12.2. The lowest BCUT2D eigenvalue weighted by atomic mass is 10.2. The van der Waals surface area contributed by atoms with Gasteiger partial charge in [0.05, 0.1) is 11.5 Å². The fourth-order valence-corrected chi connectivity index (χ4v) is 2.68. The molecule has 0 fully saturated rings. The van der Waals surface area contributed by atoms with Gasteiger partial charge in [-0.2, -0.15) is 0 Å². The number of sulfone groups is 1. The van der Waals surface area contributed by atoms with Crippen LogP contribution in [-0.2, 0) is 15.6 Å². The van der Waals surface area contributed by atoms with Crippen LogP contribution in [-0.4, -0.2) is 25.9 Å². The maximum atomic E-state index is 13.1. The Balaban J connectivity index is 2.88. The molecular formula is C10H12F2O3S. The van der Waals surface area contributed by atoms with Crippen LogP contribution in [0.1, 0.15) is 12.0 Å². The minimum atomic E-state index is -3.58. The lowest BCUT2D eigenvalue weighted by Gasteiger charge is -2.05. The van der Waals surface area contributed by atoms with E-state index in [2.05, 4.69) is 0 Å². The molecule has 90 valence electrons. The predicted molar refractivity (Wildman–Crippen MR) is 55.6 cm³/mol. The fraction of sp³-hybridized carbons (Fsp3) is 0.400. The van der Waals surface area contributed by atoms with Crippen molar-refractivity contribution in [2.45, 2.75) is 12.2 Å². The van der Waals surface area contributed by atoms with Gasteiger partial charge in [0.1, 0.15) is 11.6 Å². The van der Waals surface area contributed by atoms with Gasteiger partial charge in [0.15, 0.2) is 9.84 Å². The van der Waals surface area contributed by atoms with E-state index in [-0.39, 0.29) is 18.8 Å². The van der Waals surface area contributed by atoms with Gasteiger partial charge in [0.2, 0.25) is 0 Å². The molecule has 0 spiro atoms. The van der Waals surface area contributed by atoms with Crippen LogP contribution in [0.15, 0.2) is 18.2 Å². The monoisotopic (exact) mass is 250 g/mol. The highest BCUT2D eigenvalue weighted by Gasteiger charge is 2.17. The van der Waals surface area contributed by atoms with Gasteiger partial charge in [-0.05, 0) is 18.6 Å². The molecule has 0 amide bonds. The van der Waals surface area contributed by atoms with Crippen molar-refractivity contribution in [3.63, 3.8) is 0 Å². The van der Waals surface area contributed by atoms with Crippen molar-refractivity contribution in [1.29, 1.82) is 0 Å². The molecule has 0 aromatic heterocycles. The Labute approximate surface area is 92.6 Å². The first-order chi connectivity index (χ1) is 7.46. The summed E-state index contributed by atoms with van der Waals surface area (Å²) < 4.78 is 49.1. The molecule has 1 rings (SSSR count). The highest BCUT2D eigenvalue weighted by Crippen LogP contribution is 2.16. The normalized spacial score (nSPS) is 11.7. The van der Waals surface area contributed by atoms with Crippen molar-refractivity contribution in [3.05, 3.63) is 35.4 Å². The van der Waals surface area contributed by atoms with Crippen LogP contribution < -0.4 is 0 Å². The SMILES string of the molecule is O=S(=O)(CCCO)Cc1c(F)cccc1F. The number of halogens is 2. The predicted octanol–water partition coefficient (Wildman–Crippen LogP) is 1.26. The Morgan fingerprint density at radius 2 is 1.75 bits per heavy atom. The summed E-state index contributed by atoms with van der Waals surface area (Å²) in [4.78, 5) is 0. The number of benzene rings is 1. The molecule has 1 aromatic rings. The van der Waals surface area contributed by atoms with E-state index in [1.807, 2.05) is 0 Å². The van der Waals surface area contributed by atoms with E-state index < -0.39 is 32.8 Å². The van der Waals surface area contributed by atoms with E-state index >= 15 is 0 Å². The molecule has 0 aliphatic heterocycles. The summed E-state index contributed by atoms with van der Waals surface area (Å²) in [6.45, 7) is -0.265. The highest BCUT2D eigenvalue weighted by atomic mass is 32.2. The molecule has 16 heavy (non-hydrogen) atoms. The molecule has 0 aliphatic carbocycles. The molecule has 0 radical (unpaired) electrons. The van der Waals surface area contributed by atoms with E-state index in [0.29, 0.717) is 0 Å². The summed E-state index contributed by atoms with van der Waals surface area (Å²) in [6.07, 6.45) is 0.0679. The van der Waals surface area contributed by atoms with E-state index in [0.717, 1.165) is 12.1 Å². The van der Waals surface area contributed by atoms with E-state index in [1.165, 1.54) is 6.07 Å². The van der Waals surface area contributed by atoms with Gasteiger partial charge in [-0.15, -0.1) is 0 Å². The molecule has 0 heterocycles. The van der Waals surface area contributed by atoms with Crippen LogP contribution in [0.25, 0.3) is 0 Å². The van der Waals surface area contributed by atoms with Crippen molar-refractivity contribution >= 4 is 9.84 Å². The quantitative estimate of drug-likeness (QED) is 0.856. The maximum Gasteiger partial charge on any atom is 0.154 e. The standard InChI is InChI=1S/C10H12F2O3S/c11-9-3-1-4-10(12)8(9)7-16(14,15)6-2-5-13/h1,3-4,13H,2,5-7H2. The molecule has 1 aromatic carbocycles. The average Bonchev–Trinajstić information content (AvgIpc) is 2.21. The molecule has 0 unspecified atom stereocenters. The largest absolute Gasteiger partial charge is 0.396 e. The van der Waals surface area contributed by atoms with E-state index in [1.54, 1.807) is 0 Å². The lowest BCUT2D eigenvalue weighted by molar-refractivity contribution is 0.295.